The number of amides is 2. The number of fused-ring (bicyclic) bond motifs is 2. The van der Waals surface area contributed by atoms with Crippen LogP contribution < -0.4 is 0 Å². The fourth-order valence-corrected chi connectivity index (χ4v) is 5.78. The highest BCUT2D eigenvalue weighted by Crippen LogP contribution is 2.35. The summed E-state index contributed by atoms with van der Waals surface area (Å²) < 4.78 is 1.23. The molecule has 0 bridgehead atoms. The van der Waals surface area contributed by atoms with Gasteiger partial charge in [-0.1, -0.05) is 24.3 Å². The largest absolute Gasteiger partial charge is 0.292 e. The van der Waals surface area contributed by atoms with Crippen molar-refractivity contribution < 1.29 is 9.59 Å². The standard InChI is InChI=1S/C22H26N4O2S/c1-15(20-23-18-8-4-5-9-19(18)29-20)25-12-10-24(11-13-25)14-26-21(27)16-6-2-3-7-17(16)22(26)28/h2-5,8-9,15-17H,6-7,10-14H2,1H3/t15-,16-,17+/m0/s1. The van der Waals surface area contributed by atoms with E-state index in [0.29, 0.717) is 19.5 Å². The van der Waals surface area contributed by atoms with E-state index in [9.17, 15) is 9.59 Å². The van der Waals surface area contributed by atoms with Crippen molar-refractivity contribution in [1.29, 1.82) is 0 Å². The van der Waals surface area contributed by atoms with Crippen molar-refractivity contribution in [3.63, 3.8) is 0 Å². The van der Waals surface area contributed by atoms with Crippen molar-refractivity contribution in [3.05, 3.63) is 41.4 Å². The Morgan fingerprint density at radius 1 is 1.03 bits per heavy atom. The van der Waals surface area contributed by atoms with Gasteiger partial charge in [0, 0.05) is 26.2 Å². The van der Waals surface area contributed by atoms with E-state index in [2.05, 4.69) is 34.9 Å². The Balaban J connectivity index is 1.19. The van der Waals surface area contributed by atoms with Crippen LogP contribution in [0.5, 0.6) is 0 Å². The number of benzene rings is 1. The van der Waals surface area contributed by atoms with Crippen molar-refractivity contribution in [2.24, 2.45) is 11.8 Å². The van der Waals surface area contributed by atoms with Crippen LogP contribution >= 0.6 is 11.3 Å². The van der Waals surface area contributed by atoms with Crippen LogP contribution in [0.25, 0.3) is 10.2 Å². The van der Waals surface area contributed by atoms with E-state index < -0.39 is 0 Å². The summed E-state index contributed by atoms with van der Waals surface area (Å²) >= 11 is 1.77. The topological polar surface area (TPSA) is 56.8 Å². The number of nitrogens with zero attached hydrogens (tertiary/aromatic N) is 4. The molecule has 3 heterocycles. The monoisotopic (exact) mass is 410 g/mol. The van der Waals surface area contributed by atoms with Crippen molar-refractivity contribution in [3.8, 4) is 0 Å². The minimum absolute atomic E-state index is 0.0228. The maximum atomic E-state index is 12.7. The molecule has 2 aromatic rings. The Morgan fingerprint density at radius 3 is 2.34 bits per heavy atom. The number of thiazole rings is 1. The molecular weight excluding hydrogens is 384 g/mol. The van der Waals surface area contributed by atoms with Gasteiger partial charge in [-0.3, -0.25) is 24.3 Å². The zero-order valence-corrected chi connectivity index (χ0v) is 17.5. The maximum Gasteiger partial charge on any atom is 0.234 e. The fourth-order valence-electron chi connectivity index (χ4n) is 4.73. The number of para-hydroxylation sites is 1. The van der Waals surface area contributed by atoms with E-state index in [4.69, 9.17) is 4.98 Å². The average molecular weight is 411 g/mol. The normalized spacial score (nSPS) is 27.0. The van der Waals surface area contributed by atoms with Crippen LogP contribution in [0, 0.1) is 11.8 Å². The van der Waals surface area contributed by atoms with Gasteiger partial charge in [-0.25, -0.2) is 4.98 Å². The molecule has 0 unspecified atom stereocenters. The minimum Gasteiger partial charge on any atom is -0.292 e. The van der Waals surface area contributed by atoms with E-state index in [0.717, 1.165) is 36.7 Å². The number of aromatic nitrogens is 1. The summed E-state index contributed by atoms with van der Waals surface area (Å²) in [5, 5.41) is 1.15. The van der Waals surface area contributed by atoms with Gasteiger partial charge in [0.1, 0.15) is 5.01 Å². The molecular formula is C22H26N4O2S. The van der Waals surface area contributed by atoms with E-state index in [1.807, 2.05) is 18.2 Å². The van der Waals surface area contributed by atoms with Gasteiger partial charge in [0.25, 0.3) is 0 Å². The Hall–Kier alpha value is -2.09. The lowest BCUT2D eigenvalue weighted by atomic mass is 9.85. The Morgan fingerprint density at radius 2 is 1.69 bits per heavy atom. The molecule has 2 amide bonds. The smallest absolute Gasteiger partial charge is 0.234 e. The zero-order chi connectivity index (χ0) is 20.0. The maximum absolute atomic E-state index is 12.7. The number of carbonyl (C=O) groups is 2. The molecule has 3 atom stereocenters. The first-order valence-corrected chi connectivity index (χ1v) is 11.3. The molecule has 6 nitrogen and oxygen atoms in total. The van der Waals surface area contributed by atoms with Gasteiger partial charge in [-0.05, 0) is 31.9 Å². The SMILES string of the molecule is C[C@@H](c1nc2ccccc2s1)N1CCN(CN2C(=O)[C@H]3CC=CC[C@H]3C2=O)CC1. The Labute approximate surface area is 174 Å². The second-order valence-electron chi connectivity index (χ2n) is 8.25. The Bertz CT molecular complexity index is 904. The van der Waals surface area contributed by atoms with E-state index in [1.54, 1.807) is 11.3 Å². The minimum atomic E-state index is -0.132. The zero-order valence-electron chi connectivity index (χ0n) is 16.7. The third-order valence-electron chi connectivity index (χ3n) is 6.56. The van der Waals surface area contributed by atoms with Crippen LogP contribution in [0.3, 0.4) is 0 Å². The van der Waals surface area contributed by atoms with Gasteiger partial charge in [-0.15, -0.1) is 11.3 Å². The first kappa shape index (κ1) is 18.9. The number of carbonyl (C=O) groups excluding carboxylic acids is 2. The van der Waals surface area contributed by atoms with Crippen molar-refractivity contribution in [2.75, 3.05) is 32.8 Å². The van der Waals surface area contributed by atoms with Gasteiger partial charge in [0.15, 0.2) is 0 Å². The van der Waals surface area contributed by atoms with E-state index >= 15 is 0 Å². The molecule has 0 N–H and O–H groups in total. The quantitative estimate of drug-likeness (QED) is 0.573. The number of hydrogen-bond donors (Lipinski definition) is 0. The van der Waals surface area contributed by atoms with Crippen LogP contribution in [-0.2, 0) is 9.59 Å². The molecule has 152 valence electrons. The van der Waals surface area contributed by atoms with Gasteiger partial charge >= 0.3 is 0 Å². The van der Waals surface area contributed by atoms with Crippen LogP contribution in [0.15, 0.2) is 36.4 Å². The highest BCUT2D eigenvalue weighted by atomic mass is 32.1. The number of piperazine rings is 1. The molecule has 29 heavy (non-hydrogen) atoms. The first-order chi connectivity index (χ1) is 14.1. The molecule has 3 aliphatic rings. The van der Waals surface area contributed by atoms with Crippen molar-refractivity contribution >= 4 is 33.4 Å². The molecule has 0 saturated carbocycles. The summed E-state index contributed by atoms with van der Waals surface area (Å²) in [7, 11) is 0. The highest BCUT2D eigenvalue weighted by Gasteiger charge is 2.47. The fraction of sp³-hybridized carbons (Fsp3) is 0.500. The molecule has 0 radical (unpaired) electrons. The van der Waals surface area contributed by atoms with Crippen LogP contribution in [0.4, 0.5) is 0 Å². The lowest BCUT2D eigenvalue weighted by Gasteiger charge is -2.38. The average Bonchev–Trinajstić information content (AvgIpc) is 3.29. The third-order valence-corrected chi connectivity index (χ3v) is 7.77. The molecule has 1 aromatic carbocycles. The second kappa shape index (κ2) is 7.63. The molecule has 2 aliphatic heterocycles. The molecule has 0 spiro atoms. The number of allylic oxidation sites excluding steroid dienone is 2. The van der Waals surface area contributed by atoms with Crippen LogP contribution in [0.2, 0.25) is 0 Å². The molecule has 7 heteroatoms. The lowest BCUT2D eigenvalue weighted by Crippen LogP contribution is -2.51. The molecule has 1 aliphatic carbocycles. The third kappa shape index (κ3) is 3.41. The summed E-state index contributed by atoms with van der Waals surface area (Å²) in [5.41, 5.74) is 1.07. The number of hydrogen-bond acceptors (Lipinski definition) is 6. The summed E-state index contributed by atoms with van der Waals surface area (Å²) in [6.45, 7) is 6.22. The van der Waals surface area contributed by atoms with Gasteiger partial charge < -0.3 is 0 Å². The number of imide groups is 1. The van der Waals surface area contributed by atoms with E-state index in [-0.39, 0.29) is 29.7 Å². The van der Waals surface area contributed by atoms with Gasteiger partial charge in [-0.2, -0.15) is 0 Å². The molecule has 5 rings (SSSR count). The number of likely N-dealkylation sites (tertiary alicyclic amines) is 1. The summed E-state index contributed by atoms with van der Waals surface area (Å²) in [4.78, 5) is 36.4. The summed E-state index contributed by atoms with van der Waals surface area (Å²) in [5.74, 6) is -0.218. The molecule has 1 aromatic heterocycles. The second-order valence-corrected chi connectivity index (χ2v) is 9.31. The Kier molecular flexibility index (Phi) is 4.97. The predicted octanol–water partition coefficient (Wildman–Crippen LogP) is 2.88. The summed E-state index contributed by atoms with van der Waals surface area (Å²) in [6, 6.07) is 8.55. The van der Waals surface area contributed by atoms with Crippen LogP contribution in [-0.4, -0.2) is 64.3 Å². The van der Waals surface area contributed by atoms with Crippen molar-refractivity contribution in [1.82, 2.24) is 19.7 Å². The highest BCUT2D eigenvalue weighted by molar-refractivity contribution is 7.18. The number of rotatable bonds is 4. The first-order valence-electron chi connectivity index (χ1n) is 10.4. The van der Waals surface area contributed by atoms with Gasteiger partial charge in [0.2, 0.25) is 11.8 Å². The van der Waals surface area contributed by atoms with Crippen molar-refractivity contribution in [2.45, 2.75) is 25.8 Å². The lowest BCUT2D eigenvalue weighted by molar-refractivity contribution is -0.142. The molecule has 2 saturated heterocycles. The van der Waals surface area contributed by atoms with Gasteiger partial charge in [0.05, 0.1) is 34.8 Å². The van der Waals surface area contributed by atoms with E-state index in [1.165, 1.54) is 9.60 Å². The molecule has 2 fully saturated rings. The summed E-state index contributed by atoms with van der Waals surface area (Å²) in [6.07, 6.45) is 5.49. The van der Waals surface area contributed by atoms with Crippen LogP contribution in [0.1, 0.15) is 30.8 Å². The predicted molar refractivity (Wildman–Crippen MR) is 113 cm³/mol.